The summed E-state index contributed by atoms with van der Waals surface area (Å²) in [6.45, 7) is 1.09. The van der Waals surface area contributed by atoms with E-state index in [4.69, 9.17) is 26.0 Å². The molecule has 4 rings (SSSR count). The zero-order valence-corrected chi connectivity index (χ0v) is 18.8. The molecule has 1 aliphatic heterocycles. The fourth-order valence-electron chi connectivity index (χ4n) is 3.98. The molecule has 2 heterocycles. The number of amides is 1. The molecule has 172 valence electrons. The normalized spacial score (nSPS) is 15.5. The van der Waals surface area contributed by atoms with Crippen molar-refractivity contribution in [3.63, 3.8) is 0 Å². The van der Waals surface area contributed by atoms with E-state index in [2.05, 4.69) is 5.16 Å². The van der Waals surface area contributed by atoms with Crippen LogP contribution in [-0.4, -0.2) is 33.6 Å². The highest BCUT2D eigenvalue weighted by Gasteiger charge is 2.32. The molecule has 1 aromatic heterocycles. The quantitative estimate of drug-likeness (QED) is 0.483. The van der Waals surface area contributed by atoms with Gasteiger partial charge in [-0.05, 0) is 48.2 Å². The molecule has 1 saturated heterocycles. The number of nitrogens with zero attached hydrogens (tertiary/aromatic N) is 2. The van der Waals surface area contributed by atoms with Gasteiger partial charge in [0.1, 0.15) is 23.8 Å². The molecule has 8 heteroatoms. The van der Waals surface area contributed by atoms with Crippen LogP contribution >= 0.6 is 11.6 Å². The van der Waals surface area contributed by atoms with Crippen LogP contribution in [0.4, 0.5) is 0 Å². The molecule has 1 amide bonds. The van der Waals surface area contributed by atoms with Gasteiger partial charge in [-0.15, -0.1) is 0 Å². The Morgan fingerprint density at radius 1 is 1.15 bits per heavy atom. The lowest BCUT2D eigenvalue weighted by molar-refractivity contribution is -0.137. The average molecular weight is 469 g/mol. The van der Waals surface area contributed by atoms with E-state index in [-0.39, 0.29) is 31.2 Å². The molecule has 3 aromatic rings. The number of aliphatic carboxylic acids is 1. The Morgan fingerprint density at radius 3 is 2.73 bits per heavy atom. The van der Waals surface area contributed by atoms with Gasteiger partial charge in [0, 0.05) is 24.1 Å². The third-order valence-electron chi connectivity index (χ3n) is 5.65. The van der Waals surface area contributed by atoms with Gasteiger partial charge in [-0.3, -0.25) is 9.59 Å². The Bertz CT molecular complexity index is 1110. The number of carbonyl (C=O) groups excluding carboxylic acids is 1. The number of halogens is 1. The molecule has 1 fully saturated rings. The van der Waals surface area contributed by atoms with Gasteiger partial charge in [-0.2, -0.15) is 0 Å². The first-order valence-corrected chi connectivity index (χ1v) is 11.3. The van der Waals surface area contributed by atoms with Crippen molar-refractivity contribution in [3.05, 3.63) is 82.2 Å². The van der Waals surface area contributed by atoms with E-state index in [0.29, 0.717) is 29.6 Å². The molecule has 1 N–H and O–H groups in total. The molecule has 0 aliphatic carbocycles. The second-order valence-corrected chi connectivity index (χ2v) is 8.53. The molecule has 0 bridgehead atoms. The number of carboxylic acids is 1. The van der Waals surface area contributed by atoms with E-state index in [1.165, 1.54) is 0 Å². The van der Waals surface area contributed by atoms with E-state index >= 15 is 0 Å². The number of aryl methyl sites for hydroxylation is 1. The summed E-state index contributed by atoms with van der Waals surface area (Å²) in [6, 6.07) is 16.7. The maximum Gasteiger partial charge on any atom is 0.303 e. The Hall–Kier alpha value is -3.32. The van der Waals surface area contributed by atoms with Crippen LogP contribution in [0.2, 0.25) is 5.02 Å². The van der Waals surface area contributed by atoms with Gasteiger partial charge >= 0.3 is 5.97 Å². The highest BCUT2D eigenvalue weighted by Crippen LogP contribution is 2.32. The summed E-state index contributed by atoms with van der Waals surface area (Å²) >= 11 is 6.00. The minimum Gasteiger partial charge on any atom is -0.489 e. The summed E-state index contributed by atoms with van der Waals surface area (Å²) in [7, 11) is 0. The largest absolute Gasteiger partial charge is 0.489 e. The van der Waals surface area contributed by atoms with Gasteiger partial charge in [0.05, 0.1) is 18.9 Å². The fraction of sp³-hybridized carbons (Fsp3) is 0.320. The molecule has 1 atom stereocenters. The number of carboxylic acid groups (broad SMARTS) is 1. The van der Waals surface area contributed by atoms with Crippen molar-refractivity contribution in [3.8, 4) is 5.75 Å². The van der Waals surface area contributed by atoms with Crippen molar-refractivity contribution < 1.29 is 24.0 Å². The van der Waals surface area contributed by atoms with Crippen molar-refractivity contribution in [2.24, 2.45) is 0 Å². The maximum atomic E-state index is 13.0. The number of carbonyl (C=O) groups is 2. The van der Waals surface area contributed by atoms with Gasteiger partial charge in [0.2, 0.25) is 5.91 Å². The van der Waals surface area contributed by atoms with Crippen molar-refractivity contribution in [2.45, 2.75) is 44.8 Å². The van der Waals surface area contributed by atoms with Gasteiger partial charge in [0.25, 0.3) is 0 Å². The van der Waals surface area contributed by atoms with E-state index < -0.39 is 5.97 Å². The number of aromatic nitrogens is 1. The molecule has 0 saturated carbocycles. The van der Waals surface area contributed by atoms with Crippen molar-refractivity contribution in [1.82, 2.24) is 10.1 Å². The Morgan fingerprint density at radius 2 is 1.97 bits per heavy atom. The van der Waals surface area contributed by atoms with Crippen LogP contribution in [0, 0.1) is 0 Å². The van der Waals surface area contributed by atoms with Gasteiger partial charge in [-0.25, -0.2) is 0 Å². The molecular weight excluding hydrogens is 444 g/mol. The monoisotopic (exact) mass is 468 g/mol. The lowest BCUT2D eigenvalue weighted by atomic mass is 10.1. The summed E-state index contributed by atoms with van der Waals surface area (Å²) in [5.41, 5.74) is 2.58. The minimum absolute atomic E-state index is 0.0131. The highest BCUT2D eigenvalue weighted by molar-refractivity contribution is 6.30. The van der Waals surface area contributed by atoms with Crippen LogP contribution in [-0.2, 0) is 29.0 Å². The molecule has 0 spiro atoms. The van der Waals surface area contributed by atoms with Gasteiger partial charge < -0.3 is 19.3 Å². The first-order valence-electron chi connectivity index (χ1n) is 10.9. The van der Waals surface area contributed by atoms with Crippen LogP contribution in [0.15, 0.2) is 59.1 Å². The fourth-order valence-corrected chi connectivity index (χ4v) is 4.19. The standard InChI is InChI=1S/C25H25ClN2O5/c26-19-4-1-3-18(13-19)16-32-20-8-6-17(7-9-20)14-24(29)28-12-2-5-23(28)22-15-21(33-27-22)10-11-25(30)31/h1,3-4,6-9,13,15,23H,2,5,10-12,14,16H2,(H,30,31). The summed E-state index contributed by atoms with van der Waals surface area (Å²) in [4.78, 5) is 25.6. The maximum absolute atomic E-state index is 13.0. The third kappa shape index (κ3) is 6.14. The molecule has 7 nitrogen and oxygen atoms in total. The van der Waals surface area contributed by atoms with Crippen molar-refractivity contribution >= 4 is 23.5 Å². The summed E-state index contributed by atoms with van der Waals surface area (Å²) in [6.07, 6.45) is 2.27. The summed E-state index contributed by atoms with van der Waals surface area (Å²) < 4.78 is 11.1. The smallest absolute Gasteiger partial charge is 0.303 e. The zero-order valence-electron chi connectivity index (χ0n) is 18.1. The predicted molar refractivity (Wildman–Crippen MR) is 122 cm³/mol. The Kier molecular flexibility index (Phi) is 7.29. The molecule has 33 heavy (non-hydrogen) atoms. The second kappa shape index (κ2) is 10.5. The van der Waals surface area contributed by atoms with E-state index in [1.54, 1.807) is 6.07 Å². The lowest BCUT2D eigenvalue weighted by Crippen LogP contribution is -2.32. The zero-order chi connectivity index (χ0) is 23.2. The lowest BCUT2D eigenvalue weighted by Gasteiger charge is -2.23. The van der Waals surface area contributed by atoms with Crippen molar-refractivity contribution in [1.29, 1.82) is 0 Å². The van der Waals surface area contributed by atoms with Crippen LogP contribution < -0.4 is 4.74 Å². The van der Waals surface area contributed by atoms with E-state index in [0.717, 1.165) is 29.7 Å². The van der Waals surface area contributed by atoms with E-state index in [1.807, 2.05) is 53.4 Å². The SMILES string of the molecule is O=C(O)CCc1cc(C2CCCN2C(=O)Cc2ccc(OCc3cccc(Cl)c3)cc2)no1. The third-order valence-corrected chi connectivity index (χ3v) is 5.89. The first-order chi connectivity index (χ1) is 16.0. The van der Waals surface area contributed by atoms with Crippen LogP contribution in [0.25, 0.3) is 0 Å². The van der Waals surface area contributed by atoms with Gasteiger partial charge in [-0.1, -0.05) is 41.0 Å². The topological polar surface area (TPSA) is 92.9 Å². The summed E-state index contributed by atoms with van der Waals surface area (Å²) in [5, 5.41) is 13.6. The number of hydrogen-bond donors (Lipinski definition) is 1. The van der Waals surface area contributed by atoms with Crippen LogP contribution in [0.1, 0.15) is 47.9 Å². The first kappa shape index (κ1) is 22.9. The minimum atomic E-state index is -0.883. The van der Waals surface area contributed by atoms with Crippen LogP contribution in [0.5, 0.6) is 5.75 Å². The highest BCUT2D eigenvalue weighted by atomic mass is 35.5. The van der Waals surface area contributed by atoms with Crippen LogP contribution in [0.3, 0.4) is 0 Å². The second-order valence-electron chi connectivity index (χ2n) is 8.10. The number of likely N-dealkylation sites (tertiary alicyclic amines) is 1. The summed E-state index contributed by atoms with van der Waals surface area (Å²) in [5.74, 6) is 0.397. The Balaban J connectivity index is 1.33. The number of rotatable bonds is 9. The number of hydrogen-bond acceptors (Lipinski definition) is 5. The molecule has 2 aromatic carbocycles. The van der Waals surface area contributed by atoms with Crippen molar-refractivity contribution in [2.75, 3.05) is 6.54 Å². The Labute approximate surface area is 196 Å². The number of benzene rings is 2. The van der Waals surface area contributed by atoms with Gasteiger partial charge in [0.15, 0.2) is 0 Å². The average Bonchev–Trinajstić information content (AvgIpc) is 3.47. The molecular formula is C25H25ClN2O5. The molecule has 1 aliphatic rings. The number of ether oxygens (including phenoxy) is 1. The van der Waals surface area contributed by atoms with E-state index in [9.17, 15) is 9.59 Å². The molecule has 1 unspecified atom stereocenters. The predicted octanol–water partition coefficient (Wildman–Crippen LogP) is 4.83. The molecule has 0 radical (unpaired) electrons.